The van der Waals surface area contributed by atoms with Gasteiger partial charge in [0.15, 0.2) is 0 Å². The average molecular weight is 399 g/mol. The molecule has 0 aromatic rings. The largest absolute Gasteiger partial charge is 0.197 e. The van der Waals surface area contributed by atoms with Crippen molar-refractivity contribution in [2.45, 2.75) is 0 Å². The van der Waals surface area contributed by atoms with Crippen LogP contribution in [0.4, 0.5) is 0 Å². The van der Waals surface area contributed by atoms with Gasteiger partial charge in [0.25, 0.3) is 0 Å². The Labute approximate surface area is 153 Å². The molecule has 0 spiro atoms. The molecule has 12 radical (unpaired) electrons. The van der Waals surface area contributed by atoms with E-state index < -0.39 is 0 Å². The van der Waals surface area contributed by atoms with E-state index in [4.69, 9.17) is 0 Å². The zero-order chi connectivity index (χ0) is 12.0. The summed E-state index contributed by atoms with van der Waals surface area (Å²) in [5, 5.41) is 0. The smallest absolute Gasteiger partial charge is 0.0996 e. The summed E-state index contributed by atoms with van der Waals surface area (Å²) in [6, 6.07) is 0. The van der Waals surface area contributed by atoms with Gasteiger partial charge in [0.05, 0.1) is 45.4 Å². The Morgan fingerprint density at radius 2 is 0.250 bits per heavy atom. The summed E-state index contributed by atoms with van der Waals surface area (Å²) in [6.45, 7) is 0. The zero-order valence-electron chi connectivity index (χ0n) is 8.93. The molecule has 0 amide bonds. The van der Waals surface area contributed by atoms with Gasteiger partial charge in [-0.15, -0.1) is 0 Å². The molecule has 6 unspecified atom stereocenters. The van der Waals surface area contributed by atoms with Crippen LogP contribution in [0.5, 0.6) is 0 Å². The molecule has 16 heavy (non-hydrogen) atoms. The average Bonchev–Trinajstić information content (AvgIpc) is 2.33. The Bertz CT molecular complexity index is 25.0. The lowest BCUT2D eigenvalue weighted by Gasteiger charge is -1.05. The third-order valence-corrected chi connectivity index (χ3v) is 0. The molecule has 6 atom stereocenters. The van der Waals surface area contributed by atoms with Gasteiger partial charge in [-0.3, -0.25) is 0 Å². The molecule has 16 heteroatoms. The molecule has 0 aliphatic carbocycles. The standard InChI is InChI=1S/6BH2P.4H2S/c6*1-2;;;;/h6*2H2;4*1H2. The van der Waals surface area contributed by atoms with E-state index in [0.29, 0.717) is 0 Å². The lowest BCUT2D eigenvalue weighted by Crippen LogP contribution is -0.937. The van der Waals surface area contributed by atoms with Crippen molar-refractivity contribution < 1.29 is 0 Å². The maximum absolute atomic E-state index is 4.42. The molecule has 0 aliphatic rings. The molecule has 0 N–H and O–H groups in total. The lowest BCUT2D eigenvalue weighted by molar-refractivity contribution is 5.18. The molecule has 0 nitrogen and oxygen atoms in total. The van der Waals surface area contributed by atoms with Crippen LogP contribution in [0.1, 0.15) is 0 Å². The van der Waals surface area contributed by atoms with E-state index >= 15 is 0 Å². The van der Waals surface area contributed by atoms with Crippen molar-refractivity contribution in [2.24, 2.45) is 0 Å². The monoisotopic (exact) mass is 400 g/mol. The molecule has 0 aliphatic heterocycles. The molecule has 0 heterocycles. The van der Waals surface area contributed by atoms with Crippen molar-refractivity contribution in [2.75, 3.05) is 0 Å². The van der Waals surface area contributed by atoms with Gasteiger partial charge in [0, 0.05) is 0 Å². The van der Waals surface area contributed by atoms with E-state index in [2.05, 4.69) is 45.4 Å². The third kappa shape index (κ3) is 290. The van der Waals surface area contributed by atoms with Crippen LogP contribution in [-0.2, 0) is 0 Å². The summed E-state index contributed by atoms with van der Waals surface area (Å²) in [6.07, 6.45) is 0. The molecule has 92 valence electrons. The van der Waals surface area contributed by atoms with E-state index in [0.717, 1.165) is 0 Å². The first-order valence-electron chi connectivity index (χ1n) is 2.00. The highest BCUT2D eigenvalue weighted by atomic mass is 32.1. The van der Waals surface area contributed by atoms with Crippen molar-refractivity contribution >= 4 is 154 Å². The van der Waals surface area contributed by atoms with Gasteiger partial charge in [-0.25, -0.2) is 0 Å². The quantitative estimate of drug-likeness (QED) is 0.401. The summed E-state index contributed by atoms with van der Waals surface area (Å²) in [5.41, 5.74) is 0. The van der Waals surface area contributed by atoms with Gasteiger partial charge < -0.3 is 0 Å². The van der Waals surface area contributed by atoms with Crippen LogP contribution in [0.2, 0.25) is 0 Å². The van der Waals surface area contributed by atoms with Gasteiger partial charge in [-0.05, 0) is 0 Å². The second-order valence-electron chi connectivity index (χ2n) is 0. The van der Waals surface area contributed by atoms with E-state index in [-0.39, 0.29) is 54.0 Å². The third-order valence-electron chi connectivity index (χ3n) is 0. The van der Waals surface area contributed by atoms with Gasteiger partial charge in [-0.2, -0.15) is 109 Å². The maximum atomic E-state index is 4.42. The van der Waals surface area contributed by atoms with Crippen LogP contribution in [0, 0.1) is 0 Å². The van der Waals surface area contributed by atoms with E-state index in [1.54, 1.807) is 0 Å². The number of rotatable bonds is 0. The fourth-order valence-electron chi connectivity index (χ4n) is 0. The van der Waals surface area contributed by atoms with Crippen LogP contribution < -0.4 is 0 Å². The predicted octanol–water partition coefficient (Wildman–Crippen LogP) is 0.121. The van der Waals surface area contributed by atoms with Crippen LogP contribution in [-0.4, -0.2) is 45.4 Å². The molecule has 0 fully saturated rings. The maximum Gasteiger partial charge on any atom is 0.0996 e. The topological polar surface area (TPSA) is 0 Å². The van der Waals surface area contributed by atoms with E-state index in [1.165, 1.54) is 0 Å². The van der Waals surface area contributed by atoms with Gasteiger partial charge >= 0.3 is 0 Å². The minimum absolute atomic E-state index is 0. The summed E-state index contributed by atoms with van der Waals surface area (Å²) >= 11 is 0. The second kappa shape index (κ2) is 342. The van der Waals surface area contributed by atoms with Crippen molar-refractivity contribution in [3.05, 3.63) is 0 Å². The van der Waals surface area contributed by atoms with Crippen molar-refractivity contribution in [1.82, 2.24) is 0 Å². The predicted molar refractivity (Wildman–Crippen MR) is 134 cm³/mol. The Kier molecular flexibility index (Phi) is 1520. The Morgan fingerprint density at radius 3 is 0.250 bits per heavy atom. The van der Waals surface area contributed by atoms with E-state index in [9.17, 15) is 0 Å². The molecule has 0 bridgehead atoms. The summed E-state index contributed by atoms with van der Waals surface area (Å²) in [5.74, 6) is 0. The fraction of sp³-hybridized carbons (Fsp3) is 0. The SMILES string of the molecule is S.S.S.S.[B]P.[B]P.[B]P.[B]P.[B]P.[B]P. The Hall–Kier alpha value is 4.37. The number of hydrogen-bond acceptors (Lipinski definition) is 0. The first kappa shape index (κ1) is 71.1. The van der Waals surface area contributed by atoms with Crippen molar-refractivity contribution in [3.8, 4) is 0 Å². The normalized spacial score (nSPS) is 1.88. The van der Waals surface area contributed by atoms with Gasteiger partial charge in [-0.1, -0.05) is 0 Å². The molecule has 0 aromatic carbocycles. The highest BCUT2D eigenvalue weighted by Crippen LogP contribution is 1.43. The van der Waals surface area contributed by atoms with Crippen LogP contribution in [0.25, 0.3) is 0 Å². The molecular formula is H20B6P6S4. The number of hydrogen-bond donors (Lipinski definition) is 0. The second-order valence-corrected chi connectivity index (χ2v) is 0. The van der Waals surface area contributed by atoms with Crippen LogP contribution >= 0.6 is 109 Å². The minimum Gasteiger partial charge on any atom is -0.197 e. The summed E-state index contributed by atoms with van der Waals surface area (Å²) in [7, 11) is 38.0. The molecule has 0 aromatic heterocycles. The molecule has 0 saturated carbocycles. The van der Waals surface area contributed by atoms with Crippen LogP contribution in [0.3, 0.4) is 0 Å². The zero-order valence-corrected chi connectivity index (χ0v) is 19.9. The van der Waals surface area contributed by atoms with Crippen molar-refractivity contribution in [1.29, 1.82) is 0 Å². The van der Waals surface area contributed by atoms with Gasteiger partial charge in [0.1, 0.15) is 0 Å². The minimum atomic E-state index is 0. The Morgan fingerprint density at radius 1 is 0.250 bits per heavy atom. The van der Waals surface area contributed by atoms with Crippen LogP contribution in [0.15, 0.2) is 0 Å². The highest BCUT2D eigenvalue weighted by molar-refractivity contribution is 7.59. The fourth-order valence-corrected chi connectivity index (χ4v) is 0. The van der Waals surface area contributed by atoms with E-state index in [1.807, 2.05) is 54.7 Å². The first-order chi connectivity index (χ1) is 6.00. The molecular weight excluding hydrogens is 379 g/mol. The first-order valence-corrected chi connectivity index (χ1v) is 6.00. The van der Waals surface area contributed by atoms with Gasteiger partial charge in [0.2, 0.25) is 0 Å². The summed E-state index contributed by atoms with van der Waals surface area (Å²) in [4.78, 5) is 0. The highest BCUT2D eigenvalue weighted by Gasteiger charge is 0.976. The Balaban J connectivity index is -0.00000000321. The molecule has 0 rings (SSSR count). The summed E-state index contributed by atoms with van der Waals surface area (Å²) < 4.78 is 0. The lowest BCUT2D eigenvalue weighted by atomic mass is 10.8. The molecule has 0 saturated heterocycles. The van der Waals surface area contributed by atoms with Crippen molar-refractivity contribution in [3.63, 3.8) is 0 Å².